The van der Waals surface area contributed by atoms with E-state index in [4.69, 9.17) is 11.6 Å². The lowest BCUT2D eigenvalue weighted by Gasteiger charge is -2.13. The van der Waals surface area contributed by atoms with E-state index in [9.17, 15) is 14.4 Å². The quantitative estimate of drug-likeness (QED) is 0.654. The van der Waals surface area contributed by atoms with E-state index in [-0.39, 0.29) is 23.9 Å². The van der Waals surface area contributed by atoms with Crippen molar-refractivity contribution in [1.82, 2.24) is 9.88 Å². The van der Waals surface area contributed by atoms with E-state index >= 15 is 0 Å². The Kier molecular flexibility index (Phi) is 6.46. The molecule has 1 unspecified atom stereocenters. The van der Waals surface area contributed by atoms with Crippen LogP contribution in [0.1, 0.15) is 17.3 Å². The predicted molar refractivity (Wildman–Crippen MR) is 114 cm³/mol. The zero-order valence-corrected chi connectivity index (χ0v) is 16.5. The minimum Gasteiger partial charge on any atom is -0.351 e. The summed E-state index contributed by atoms with van der Waals surface area (Å²) < 4.78 is 1.49. The van der Waals surface area contributed by atoms with Gasteiger partial charge in [-0.25, -0.2) is 0 Å². The number of nitrogens with one attached hydrogen (secondary N) is 2. The molecular weight excluding hydrogens is 390 g/mol. The van der Waals surface area contributed by atoms with Gasteiger partial charge in [-0.05, 0) is 54.6 Å². The van der Waals surface area contributed by atoms with E-state index in [1.807, 2.05) is 0 Å². The highest BCUT2D eigenvalue weighted by Gasteiger charge is 2.15. The Morgan fingerprint density at radius 2 is 1.69 bits per heavy atom. The van der Waals surface area contributed by atoms with Crippen LogP contribution in [0, 0.1) is 5.92 Å². The molecule has 0 radical (unpaired) electrons. The molecule has 0 aliphatic rings. The maximum absolute atomic E-state index is 12.4. The molecule has 2 N–H and O–H groups in total. The molecule has 2 amide bonds. The first-order valence-electron chi connectivity index (χ1n) is 9.07. The second kappa shape index (κ2) is 9.21. The van der Waals surface area contributed by atoms with Crippen LogP contribution in [0.15, 0.2) is 77.7 Å². The Morgan fingerprint density at radius 3 is 2.34 bits per heavy atom. The third-order valence-corrected chi connectivity index (χ3v) is 4.61. The first-order chi connectivity index (χ1) is 13.9. The molecule has 0 fully saturated rings. The summed E-state index contributed by atoms with van der Waals surface area (Å²) in [5.74, 6) is -0.911. The second-order valence-electron chi connectivity index (χ2n) is 6.56. The zero-order chi connectivity index (χ0) is 20.8. The molecule has 0 bridgehead atoms. The number of anilines is 1. The minimum absolute atomic E-state index is 0.148. The number of pyridine rings is 1. The molecule has 148 valence electrons. The van der Waals surface area contributed by atoms with Gasteiger partial charge in [0, 0.05) is 40.8 Å². The molecule has 0 saturated heterocycles. The molecule has 3 aromatic rings. The van der Waals surface area contributed by atoms with Gasteiger partial charge < -0.3 is 10.6 Å². The van der Waals surface area contributed by atoms with Crippen molar-refractivity contribution in [3.8, 4) is 5.69 Å². The number of carbonyl (C=O) groups is 2. The highest BCUT2D eigenvalue weighted by Crippen LogP contribution is 2.14. The molecule has 1 atom stereocenters. The summed E-state index contributed by atoms with van der Waals surface area (Å²) >= 11 is 5.83. The summed E-state index contributed by atoms with van der Waals surface area (Å²) in [6.45, 7) is 1.93. The molecule has 0 saturated carbocycles. The fourth-order valence-corrected chi connectivity index (χ4v) is 2.78. The maximum Gasteiger partial charge on any atom is 0.255 e. The number of hydrogen-bond acceptors (Lipinski definition) is 3. The lowest BCUT2D eigenvalue weighted by Crippen LogP contribution is -2.34. The van der Waals surface area contributed by atoms with Crippen molar-refractivity contribution in [2.24, 2.45) is 5.92 Å². The fraction of sp³-hybridized carbons (Fsp3) is 0.136. The van der Waals surface area contributed by atoms with Crippen LogP contribution in [0.2, 0.25) is 5.02 Å². The average Bonchev–Trinajstić information content (AvgIpc) is 2.74. The topological polar surface area (TPSA) is 80.2 Å². The van der Waals surface area contributed by atoms with Crippen molar-refractivity contribution in [1.29, 1.82) is 0 Å². The van der Waals surface area contributed by atoms with E-state index in [1.54, 1.807) is 73.8 Å². The van der Waals surface area contributed by atoms with Crippen LogP contribution in [0.25, 0.3) is 5.69 Å². The second-order valence-corrected chi connectivity index (χ2v) is 7.00. The van der Waals surface area contributed by atoms with Gasteiger partial charge in [0.15, 0.2) is 0 Å². The van der Waals surface area contributed by atoms with Crippen LogP contribution >= 0.6 is 11.6 Å². The number of nitrogens with zero attached hydrogens (tertiary/aromatic N) is 1. The largest absolute Gasteiger partial charge is 0.351 e. The van der Waals surface area contributed by atoms with Crippen LogP contribution in [-0.2, 0) is 4.79 Å². The van der Waals surface area contributed by atoms with Crippen molar-refractivity contribution in [2.45, 2.75) is 6.92 Å². The van der Waals surface area contributed by atoms with Gasteiger partial charge in [0.25, 0.3) is 11.5 Å². The molecule has 2 aromatic carbocycles. The summed E-state index contributed by atoms with van der Waals surface area (Å²) in [5.41, 5.74) is 1.61. The summed E-state index contributed by atoms with van der Waals surface area (Å²) in [6, 6.07) is 18.4. The van der Waals surface area contributed by atoms with Crippen LogP contribution in [0.4, 0.5) is 5.69 Å². The number of halogens is 1. The molecule has 3 rings (SSSR count). The van der Waals surface area contributed by atoms with E-state index < -0.39 is 5.92 Å². The highest BCUT2D eigenvalue weighted by atomic mass is 35.5. The van der Waals surface area contributed by atoms with Gasteiger partial charge in [-0.3, -0.25) is 19.0 Å². The molecule has 1 aromatic heterocycles. The van der Waals surface area contributed by atoms with Crippen LogP contribution in [0.3, 0.4) is 0 Å². The van der Waals surface area contributed by atoms with Crippen LogP contribution in [-0.4, -0.2) is 22.9 Å². The van der Waals surface area contributed by atoms with Crippen molar-refractivity contribution < 1.29 is 9.59 Å². The molecule has 1 heterocycles. The molecule has 0 spiro atoms. The van der Waals surface area contributed by atoms with Gasteiger partial charge in [-0.2, -0.15) is 0 Å². The van der Waals surface area contributed by atoms with Crippen LogP contribution < -0.4 is 16.2 Å². The molecule has 7 heteroatoms. The Morgan fingerprint density at radius 1 is 1.00 bits per heavy atom. The van der Waals surface area contributed by atoms with Gasteiger partial charge in [0.1, 0.15) is 0 Å². The monoisotopic (exact) mass is 409 g/mol. The van der Waals surface area contributed by atoms with E-state index in [0.29, 0.717) is 22.0 Å². The summed E-state index contributed by atoms with van der Waals surface area (Å²) in [5, 5.41) is 6.13. The maximum atomic E-state index is 12.4. The van der Waals surface area contributed by atoms with E-state index in [2.05, 4.69) is 10.6 Å². The number of aromatic nitrogens is 1. The van der Waals surface area contributed by atoms with Gasteiger partial charge in [0.05, 0.1) is 5.92 Å². The standard InChI is InChI=1S/C22H20ClN3O3/c1-15(21(28)25-18-9-7-17(23)8-10-18)14-24-22(29)16-5-11-19(12-6-16)26-13-3-2-4-20(26)27/h2-13,15H,14H2,1H3,(H,24,29)(H,25,28). The normalized spacial score (nSPS) is 11.5. The molecule has 0 aliphatic heterocycles. The number of carbonyl (C=O) groups excluding carboxylic acids is 2. The summed E-state index contributed by atoms with van der Waals surface area (Å²) in [4.78, 5) is 36.5. The SMILES string of the molecule is CC(CNC(=O)c1ccc(-n2ccccc2=O)cc1)C(=O)Nc1ccc(Cl)cc1. The van der Waals surface area contributed by atoms with Gasteiger partial charge >= 0.3 is 0 Å². The van der Waals surface area contributed by atoms with Crippen molar-refractivity contribution in [3.63, 3.8) is 0 Å². The highest BCUT2D eigenvalue weighted by molar-refractivity contribution is 6.30. The van der Waals surface area contributed by atoms with Gasteiger partial charge in [-0.15, -0.1) is 0 Å². The first-order valence-corrected chi connectivity index (χ1v) is 9.44. The van der Waals surface area contributed by atoms with Crippen molar-refractivity contribution in [2.75, 3.05) is 11.9 Å². The zero-order valence-electron chi connectivity index (χ0n) is 15.8. The Bertz CT molecular complexity index is 1060. The summed E-state index contributed by atoms with van der Waals surface area (Å²) in [7, 11) is 0. The predicted octanol–water partition coefficient (Wildman–Crippen LogP) is 3.50. The molecule has 0 aliphatic carbocycles. The number of benzene rings is 2. The lowest BCUT2D eigenvalue weighted by atomic mass is 10.1. The third-order valence-electron chi connectivity index (χ3n) is 4.36. The van der Waals surface area contributed by atoms with Crippen molar-refractivity contribution >= 4 is 29.1 Å². The van der Waals surface area contributed by atoms with E-state index in [0.717, 1.165) is 0 Å². The third kappa shape index (κ3) is 5.33. The Labute approximate surface area is 173 Å². The smallest absolute Gasteiger partial charge is 0.255 e. The Balaban J connectivity index is 1.56. The van der Waals surface area contributed by atoms with E-state index in [1.165, 1.54) is 10.6 Å². The first kappa shape index (κ1) is 20.4. The fourth-order valence-electron chi connectivity index (χ4n) is 2.65. The average molecular weight is 410 g/mol. The number of hydrogen-bond donors (Lipinski definition) is 2. The molecular formula is C22H20ClN3O3. The number of amides is 2. The lowest BCUT2D eigenvalue weighted by molar-refractivity contribution is -0.119. The minimum atomic E-state index is -0.420. The van der Waals surface area contributed by atoms with Crippen molar-refractivity contribution in [3.05, 3.63) is 93.9 Å². The molecule has 6 nitrogen and oxygen atoms in total. The van der Waals surface area contributed by atoms with Gasteiger partial charge in [-0.1, -0.05) is 24.6 Å². The summed E-state index contributed by atoms with van der Waals surface area (Å²) in [6.07, 6.45) is 1.67. The number of rotatable bonds is 6. The van der Waals surface area contributed by atoms with Crippen LogP contribution in [0.5, 0.6) is 0 Å². The Hall–Kier alpha value is -3.38. The molecule has 29 heavy (non-hydrogen) atoms. The van der Waals surface area contributed by atoms with Gasteiger partial charge in [0.2, 0.25) is 5.91 Å².